The van der Waals surface area contributed by atoms with Crippen molar-refractivity contribution in [2.75, 3.05) is 31.8 Å². The molecule has 1 fully saturated rings. The van der Waals surface area contributed by atoms with Crippen molar-refractivity contribution in [1.82, 2.24) is 10.2 Å². The van der Waals surface area contributed by atoms with Crippen LogP contribution in [0.4, 0.5) is 16.2 Å². The largest absolute Gasteiger partial charge is 0.493 e. The van der Waals surface area contributed by atoms with Crippen molar-refractivity contribution in [3.05, 3.63) is 72.3 Å². The van der Waals surface area contributed by atoms with Crippen LogP contribution >= 0.6 is 0 Å². The van der Waals surface area contributed by atoms with Gasteiger partial charge in [-0.2, -0.15) is 0 Å². The number of hydrogen-bond donors (Lipinski definition) is 3. The molecule has 3 amide bonds. The standard InChI is InChI=1S/C34H44N4O5/c1-6-25(7-2)36-33(40)37-27-15-20-30(31(23-27)41-5)42-28-18-13-26(14-19-28)35-32(39)24-11-16-29(17-12-24)43-34(38(3)4)21-9-8-10-22-34/h11-20,23,25H,6-10,21-22H2,1-5H3,(H,35,39)(H2,36,37,40). The van der Waals surface area contributed by atoms with E-state index in [2.05, 4.69) is 34.9 Å². The first-order valence-electron chi connectivity index (χ1n) is 15.1. The second-order valence-corrected chi connectivity index (χ2v) is 11.1. The second kappa shape index (κ2) is 14.8. The summed E-state index contributed by atoms with van der Waals surface area (Å²) in [6.45, 7) is 4.08. The predicted octanol–water partition coefficient (Wildman–Crippen LogP) is 7.65. The van der Waals surface area contributed by atoms with Gasteiger partial charge in [0.25, 0.3) is 5.91 Å². The van der Waals surface area contributed by atoms with E-state index in [4.69, 9.17) is 14.2 Å². The van der Waals surface area contributed by atoms with Gasteiger partial charge in [0.05, 0.1) is 7.11 Å². The second-order valence-electron chi connectivity index (χ2n) is 11.1. The molecule has 0 heterocycles. The number of rotatable bonds is 12. The average molecular weight is 589 g/mol. The molecule has 3 N–H and O–H groups in total. The Balaban J connectivity index is 1.33. The lowest BCUT2D eigenvalue weighted by molar-refractivity contribution is -0.0845. The minimum atomic E-state index is -0.294. The van der Waals surface area contributed by atoms with E-state index >= 15 is 0 Å². The Kier molecular flexibility index (Phi) is 10.9. The highest BCUT2D eigenvalue weighted by molar-refractivity contribution is 6.04. The highest BCUT2D eigenvalue weighted by Crippen LogP contribution is 2.36. The van der Waals surface area contributed by atoms with Gasteiger partial charge in [-0.25, -0.2) is 4.79 Å². The molecule has 0 radical (unpaired) electrons. The first kappa shape index (κ1) is 31.7. The monoisotopic (exact) mass is 588 g/mol. The topological polar surface area (TPSA) is 101 Å². The molecule has 1 aliphatic carbocycles. The Bertz CT molecular complexity index is 1350. The van der Waals surface area contributed by atoms with Gasteiger partial charge in [0.2, 0.25) is 0 Å². The van der Waals surface area contributed by atoms with E-state index in [1.54, 1.807) is 61.7 Å². The summed E-state index contributed by atoms with van der Waals surface area (Å²) in [6.07, 6.45) is 7.26. The molecule has 0 unspecified atom stereocenters. The number of amides is 3. The molecular formula is C34H44N4O5. The van der Waals surface area contributed by atoms with Crippen LogP contribution in [0.25, 0.3) is 0 Å². The van der Waals surface area contributed by atoms with E-state index in [1.807, 2.05) is 26.0 Å². The van der Waals surface area contributed by atoms with Crippen LogP contribution in [0.3, 0.4) is 0 Å². The van der Waals surface area contributed by atoms with Crippen LogP contribution in [0, 0.1) is 0 Å². The Morgan fingerprint density at radius 1 is 0.814 bits per heavy atom. The van der Waals surface area contributed by atoms with E-state index in [1.165, 1.54) is 6.42 Å². The van der Waals surface area contributed by atoms with Crippen LogP contribution in [0.1, 0.15) is 69.2 Å². The van der Waals surface area contributed by atoms with Crippen LogP contribution in [0.2, 0.25) is 0 Å². The van der Waals surface area contributed by atoms with Gasteiger partial charge < -0.3 is 30.2 Å². The molecule has 9 heteroatoms. The summed E-state index contributed by atoms with van der Waals surface area (Å²) >= 11 is 0. The van der Waals surface area contributed by atoms with Crippen molar-refractivity contribution in [3.63, 3.8) is 0 Å². The molecule has 9 nitrogen and oxygen atoms in total. The third-order valence-electron chi connectivity index (χ3n) is 7.96. The molecule has 0 saturated heterocycles. The predicted molar refractivity (Wildman–Crippen MR) is 171 cm³/mol. The normalized spacial score (nSPS) is 14.2. The van der Waals surface area contributed by atoms with Gasteiger partial charge in [-0.05, 0) is 100 Å². The number of anilines is 2. The quantitative estimate of drug-likeness (QED) is 0.188. The van der Waals surface area contributed by atoms with Crippen molar-refractivity contribution < 1.29 is 23.8 Å². The maximum absolute atomic E-state index is 12.9. The summed E-state index contributed by atoms with van der Waals surface area (Å²) in [5, 5.41) is 8.72. The fourth-order valence-electron chi connectivity index (χ4n) is 5.25. The third kappa shape index (κ3) is 8.41. The summed E-state index contributed by atoms with van der Waals surface area (Å²) in [6, 6.07) is 19.5. The Labute approximate surface area is 254 Å². The molecule has 3 aromatic carbocycles. The summed E-state index contributed by atoms with van der Waals surface area (Å²) in [5.41, 5.74) is 1.48. The van der Waals surface area contributed by atoms with Crippen molar-refractivity contribution >= 4 is 23.3 Å². The molecule has 0 aromatic heterocycles. The molecule has 0 bridgehead atoms. The van der Waals surface area contributed by atoms with Gasteiger partial charge in [0, 0.05) is 41.9 Å². The molecule has 3 aromatic rings. The number of ether oxygens (including phenoxy) is 3. The smallest absolute Gasteiger partial charge is 0.319 e. The summed E-state index contributed by atoms with van der Waals surface area (Å²) in [4.78, 5) is 27.4. The molecule has 1 saturated carbocycles. The number of methoxy groups -OCH3 is 1. The van der Waals surface area contributed by atoms with Crippen LogP contribution < -0.4 is 30.2 Å². The van der Waals surface area contributed by atoms with Gasteiger partial charge in [0.15, 0.2) is 17.2 Å². The van der Waals surface area contributed by atoms with Crippen LogP contribution in [0.15, 0.2) is 66.7 Å². The number of urea groups is 1. The van der Waals surface area contributed by atoms with E-state index in [-0.39, 0.29) is 23.7 Å². The third-order valence-corrected chi connectivity index (χ3v) is 7.96. The number of hydrogen-bond acceptors (Lipinski definition) is 6. The van der Waals surface area contributed by atoms with Crippen LogP contribution in [0.5, 0.6) is 23.0 Å². The first-order valence-corrected chi connectivity index (χ1v) is 15.1. The van der Waals surface area contributed by atoms with E-state index in [9.17, 15) is 9.59 Å². The average Bonchev–Trinajstić information content (AvgIpc) is 3.02. The fourth-order valence-corrected chi connectivity index (χ4v) is 5.25. The lowest BCUT2D eigenvalue weighted by atomic mass is 9.90. The van der Waals surface area contributed by atoms with Crippen molar-refractivity contribution in [2.45, 2.75) is 70.6 Å². The van der Waals surface area contributed by atoms with Crippen molar-refractivity contribution in [2.24, 2.45) is 0 Å². The molecule has 0 atom stereocenters. The van der Waals surface area contributed by atoms with Gasteiger partial charge in [-0.1, -0.05) is 20.3 Å². The summed E-state index contributed by atoms with van der Waals surface area (Å²) in [5.74, 6) is 2.10. The maximum atomic E-state index is 12.9. The lowest BCUT2D eigenvalue weighted by Crippen LogP contribution is -2.50. The SMILES string of the molecule is CCC(CC)NC(=O)Nc1ccc(Oc2ccc(NC(=O)c3ccc(OC4(N(C)C)CCCCC4)cc3)cc2)c(OC)c1. The fraction of sp³-hybridized carbons (Fsp3) is 0.412. The Morgan fingerprint density at radius 3 is 2.05 bits per heavy atom. The minimum absolute atomic E-state index is 0.124. The Morgan fingerprint density at radius 2 is 1.44 bits per heavy atom. The zero-order chi connectivity index (χ0) is 30.8. The molecule has 0 aliphatic heterocycles. The highest BCUT2D eigenvalue weighted by Gasteiger charge is 2.36. The summed E-state index contributed by atoms with van der Waals surface area (Å²) < 4.78 is 17.9. The van der Waals surface area contributed by atoms with Gasteiger partial charge in [-0.3, -0.25) is 9.69 Å². The Hall–Kier alpha value is -4.24. The minimum Gasteiger partial charge on any atom is -0.493 e. The first-order chi connectivity index (χ1) is 20.7. The van der Waals surface area contributed by atoms with E-state index in [0.29, 0.717) is 34.2 Å². The highest BCUT2D eigenvalue weighted by atomic mass is 16.5. The number of benzene rings is 3. The van der Waals surface area contributed by atoms with Gasteiger partial charge in [-0.15, -0.1) is 0 Å². The van der Waals surface area contributed by atoms with E-state index in [0.717, 1.165) is 44.3 Å². The van der Waals surface area contributed by atoms with Gasteiger partial charge in [0.1, 0.15) is 11.5 Å². The van der Waals surface area contributed by atoms with Crippen LogP contribution in [-0.4, -0.2) is 49.8 Å². The molecule has 230 valence electrons. The van der Waals surface area contributed by atoms with Crippen LogP contribution in [-0.2, 0) is 0 Å². The number of carbonyl (C=O) groups excluding carboxylic acids is 2. The lowest BCUT2D eigenvalue weighted by Gasteiger charge is -2.42. The number of nitrogens with zero attached hydrogens (tertiary/aromatic N) is 1. The molecule has 4 rings (SSSR count). The van der Waals surface area contributed by atoms with E-state index < -0.39 is 0 Å². The molecule has 1 aliphatic rings. The number of carbonyl (C=O) groups is 2. The zero-order valence-electron chi connectivity index (χ0n) is 25.9. The zero-order valence-corrected chi connectivity index (χ0v) is 25.9. The number of nitrogens with one attached hydrogen (secondary N) is 3. The maximum Gasteiger partial charge on any atom is 0.319 e. The summed E-state index contributed by atoms with van der Waals surface area (Å²) in [7, 11) is 5.67. The molecule has 43 heavy (non-hydrogen) atoms. The van der Waals surface area contributed by atoms with Gasteiger partial charge >= 0.3 is 6.03 Å². The molecule has 0 spiro atoms. The molecular weight excluding hydrogens is 544 g/mol. The van der Waals surface area contributed by atoms with Crippen molar-refractivity contribution in [3.8, 4) is 23.0 Å². The van der Waals surface area contributed by atoms with Crippen molar-refractivity contribution in [1.29, 1.82) is 0 Å².